The Morgan fingerprint density at radius 2 is 2.06 bits per heavy atom. The summed E-state index contributed by atoms with van der Waals surface area (Å²) in [6.45, 7) is 6.53. The summed E-state index contributed by atoms with van der Waals surface area (Å²) in [5.74, 6) is 2.63. The Bertz CT molecular complexity index is 584. The number of halogens is 1. The van der Waals surface area contributed by atoms with Crippen molar-refractivity contribution in [1.29, 1.82) is 0 Å². The zero-order chi connectivity index (χ0) is 11.8. The van der Waals surface area contributed by atoms with Gasteiger partial charge in [0.2, 0.25) is 5.95 Å². The molecule has 0 fully saturated rings. The SMILES string of the molecule is C[Si](C)(C)C#Cc1ccc2[nH]nc(F)c2c1. The van der Waals surface area contributed by atoms with Crippen molar-refractivity contribution in [3.63, 3.8) is 0 Å². The Kier molecular flexibility index (Phi) is 2.56. The van der Waals surface area contributed by atoms with E-state index in [1.807, 2.05) is 6.07 Å². The first-order chi connectivity index (χ1) is 7.46. The van der Waals surface area contributed by atoms with Crippen molar-refractivity contribution in [2.24, 2.45) is 0 Å². The summed E-state index contributed by atoms with van der Waals surface area (Å²) >= 11 is 0. The highest BCUT2D eigenvalue weighted by atomic mass is 28.3. The van der Waals surface area contributed by atoms with Crippen molar-refractivity contribution in [3.8, 4) is 11.5 Å². The van der Waals surface area contributed by atoms with E-state index in [9.17, 15) is 4.39 Å². The maximum Gasteiger partial charge on any atom is 0.240 e. The van der Waals surface area contributed by atoms with Crippen LogP contribution in [0.1, 0.15) is 5.56 Å². The van der Waals surface area contributed by atoms with Gasteiger partial charge in [-0.15, -0.1) is 10.6 Å². The van der Waals surface area contributed by atoms with E-state index >= 15 is 0 Å². The summed E-state index contributed by atoms with van der Waals surface area (Å²) < 4.78 is 13.2. The molecule has 0 unspecified atom stereocenters. The minimum Gasteiger partial charge on any atom is -0.275 e. The highest BCUT2D eigenvalue weighted by Crippen LogP contribution is 2.15. The van der Waals surface area contributed by atoms with Gasteiger partial charge in [0.15, 0.2) is 0 Å². The van der Waals surface area contributed by atoms with E-state index in [4.69, 9.17) is 0 Å². The van der Waals surface area contributed by atoms with Gasteiger partial charge in [-0.1, -0.05) is 25.6 Å². The number of hydrogen-bond donors (Lipinski definition) is 1. The number of H-pyrrole nitrogens is 1. The second-order valence-corrected chi connectivity index (χ2v) is 9.52. The molecule has 0 bridgehead atoms. The van der Waals surface area contributed by atoms with Crippen LogP contribution in [0.2, 0.25) is 19.6 Å². The Balaban J connectivity index is 2.46. The molecule has 0 atom stereocenters. The van der Waals surface area contributed by atoms with Crippen LogP contribution in [0.5, 0.6) is 0 Å². The number of rotatable bonds is 0. The van der Waals surface area contributed by atoms with Crippen molar-refractivity contribution < 1.29 is 4.39 Å². The number of hydrogen-bond acceptors (Lipinski definition) is 1. The molecule has 0 saturated heterocycles. The lowest BCUT2D eigenvalue weighted by Crippen LogP contribution is -2.16. The van der Waals surface area contributed by atoms with Gasteiger partial charge in [-0.05, 0) is 18.2 Å². The van der Waals surface area contributed by atoms with E-state index in [0.29, 0.717) is 10.9 Å². The number of aromatic amines is 1. The lowest BCUT2D eigenvalue weighted by atomic mass is 10.2. The second kappa shape index (κ2) is 3.76. The first-order valence-electron chi connectivity index (χ1n) is 5.12. The highest BCUT2D eigenvalue weighted by molar-refractivity contribution is 6.83. The van der Waals surface area contributed by atoms with Crippen LogP contribution in [0, 0.1) is 17.4 Å². The Morgan fingerprint density at radius 3 is 2.75 bits per heavy atom. The average molecular weight is 232 g/mol. The Hall–Kier alpha value is -1.60. The second-order valence-electron chi connectivity index (χ2n) is 4.77. The fourth-order valence-electron chi connectivity index (χ4n) is 1.32. The van der Waals surface area contributed by atoms with Crippen LogP contribution in [0.3, 0.4) is 0 Å². The fourth-order valence-corrected chi connectivity index (χ4v) is 1.84. The molecule has 1 aromatic carbocycles. The van der Waals surface area contributed by atoms with Crippen LogP contribution in [0.25, 0.3) is 10.9 Å². The predicted octanol–water partition coefficient (Wildman–Crippen LogP) is 2.93. The van der Waals surface area contributed by atoms with E-state index < -0.39 is 14.0 Å². The van der Waals surface area contributed by atoms with Gasteiger partial charge in [-0.25, -0.2) is 0 Å². The molecule has 0 spiro atoms. The molecule has 0 radical (unpaired) electrons. The van der Waals surface area contributed by atoms with Crippen LogP contribution in [0.15, 0.2) is 18.2 Å². The third-order valence-corrected chi connectivity index (χ3v) is 2.97. The van der Waals surface area contributed by atoms with E-state index in [-0.39, 0.29) is 0 Å². The van der Waals surface area contributed by atoms with Gasteiger partial charge < -0.3 is 0 Å². The molecule has 16 heavy (non-hydrogen) atoms. The van der Waals surface area contributed by atoms with Crippen molar-refractivity contribution >= 4 is 19.0 Å². The Labute approximate surface area is 94.9 Å². The summed E-state index contributed by atoms with van der Waals surface area (Å²) in [5, 5.41) is 6.64. The normalized spacial score (nSPS) is 11.2. The number of aromatic nitrogens is 2. The summed E-state index contributed by atoms with van der Waals surface area (Å²) in [5.41, 5.74) is 4.80. The topological polar surface area (TPSA) is 28.7 Å². The first kappa shape index (κ1) is 10.9. The van der Waals surface area contributed by atoms with Gasteiger partial charge in [0.1, 0.15) is 8.07 Å². The smallest absolute Gasteiger partial charge is 0.240 e. The summed E-state index contributed by atoms with van der Waals surface area (Å²) in [6.07, 6.45) is 0. The molecule has 0 amide bonds. The maximum absolute atomic E-state index is 13.2. The van der Waals surface area contributed by atoms with E-state index in [1.54, 1.807) is 12.1 Å². The van der Waals surface area contributed by atoms with Crippen LogP contribution < -0.4 is 0 Å². The predicted molar refractivity (Wildman–Crippen MR) is 66.3 cm³/mol. The van der Waals surface area contributed by atoms with E-state index in [0.717, 1.165) is 5.56 Å². The number of nitrogens with zero attached hydrogens (tertiary/aromatic N) is 1. The van der Waals surface area contributed by atoms with Gasteiger partial charge in [0, 0.05) is 5.56 Å². The van der Waals surface area contributed by atoms with E-state index in [2.05, 4.69) is 41.3 Å². The molecular weight excluding hydrogens is 219 g/mol. The van der Waals surface area contributed by atoms with Crippen molar-refractivity contribution in [2.45, 2.75) is 19.6 Å². The lowest BCUT2D eigenvalue weighted by molar-refractivity contribution is 0.588. The van der Waals surface area contributed by atoms with Crippen molar-refractivity contribution in [1.82, 2.24) is 10.2 Å². The standard InChI is InChI=1S/C12H13FN2Si/c1-16(2,3)7-6-9-4-5-11-10(8-9)12(13)15-14-11/h4-5,8H,1-3H3,(H,14,15). The molecule has 2 nitrogen and oxygen atoms in total. The lowest BCUT2D eigenvalue weighted by Gasteiger charge is -2.03. The van der Waals surface area contributed by atoms with Crippen LogP contribution in [0.4, 0.5) is 4.39 Å². The molecule has 0 saturated carbocycles. The Morgan fingerprint density at radius 1 is 1.31 bits per heavy atom. The van der Waals surface area contributed by atoms with Gasteiger partial charge in [-0.3, -0.25) is 5.10 Å². The summed E-state index contributed by atoms with van der Waals surface area (Å²) in [6, 6.07) is 5.42. The van der Waals surface area contributed by atoms with Crippen molar-refractivity contribution in [3.05, 3.63) is 29.7 Å². The molecule has 2 aromatic rings. The number of benzene rings is 1. The molecule has 2 rings (SSSR count). The maximum atomic E-state index is 13.2. The minimum atomic E-state index is -1.38. The van der Waals surface area contributed by atoms with Gasteiger partial charge in [0.05, 0.1) is 10.9 Å². The third-order valence-electron chi connectivity index (χ3n) is 2.10. The van der Waals surface area contributed by atoms with Crippen LogP contribution in [-0.4, -0.2) is 18.3 Å². The largest absolute Gasteiger partial charge is 0.275 e. The number of fused-ring (bicyclic) bond motifs is 1. The average Bonchev–Trinajstić information content (AvgIpc) is 2.56. The number of nitrogens with one attached hydrogen (secondary N) is 1. The van der Waals surface area contributed by atoms with Crippen LogP contribution in [-0.2, 0) is 0 Å². The minimum absolute atomic E-state index is 0.466. The van der Waals surface area contributed by atoms with E-state index in [1.165, 1.54) is 0 Å². The van der Waals surface area contributed by atoms with Gasteiger partial charge in [-0.2, -0.15) is 4.39 Å². The molecule has 1 aromatic heterocycles. The third kappa shape index (κ3) is 2.31. The molecular formula is C12H13FN2Si. The van der Waals surface area contributed by atoms with Gasteiger partial charge >= 0.3 is 0 Å². The molecule has 0 aliphatic rings. The highest BCUT2D eigenvalue weighted by Gasteiger charge is 2.08. The van der Waals surface area contributed by atoms with Gasteiger partial charge in [0.25, 0.3) is 0 Å². The monoisotopic (exact) mass is 232 g/mol. The molecule has 4 heteroatoms. The quantitative estimate of drug-likeness (QED) is 0.549. The zero-order valence-corrected chi connectivity index (χ0v) is 10.6. The molecule has 1 heterocycles. The zero-order valence-electron chi connectivity index (χ0n) is 9.56. The van der Waals surface area contributed by atoms with Crippen molar-refractivity contribution in [2.75, 3.05) is 0 Å². The molecule has 0 aliphatic heterocycles. The first-order valence-corrected chi connectivity index (χ1v) is 8.62. The molecule has 0 aliphatic carbocycles. The summed E-state index contributed by atoms with van der Waals surface area (Å²) in [4.78, 5) is 0. The summed E-state index contributed by atoms with van der Waals surface area (Å²) in [7, 11) is -1.38. The molecule has 82 valence electrons. The molecule has 1 N–H and O–H groups in total. The fraction of sp³-hybridized carbons (Fsp3) is 0.250. The van der Waals surface area contributed by atoms with Crippen LogP contribution >= 0.6 is 0 Å².